The number of hydrogen-bond acceptors (Lipinski definition) is 5. The number of benzene rings is 3. The lowest BCUT2D eigenvalue weighted by atomic mass is 9.97. The van der Waals surface area contributed by atoms with Gasteiger partial charge in [0, 0.05) is 43.0 Å². The third kappa shape index (κ3) is 5.45. The third-order valence-electron chi connectivity index (χ3n) is 6.68. The molecule has 0 bridgehead atoms. The van der Waals surface area contributed by atoms with Crippen molar-refractivity contribution >= 4 is 23.0 Å². The van der Waals surface area contributed by atoms with Crippen molar-refractivity contribution in [3.63, 3.8) is 0 Å². The van der Waals surface area contributed by atoms with Crippen LogP contribution in [0.15, 0.2) is 78.9 Å². The number of piperazine rings is 1. The molecule has 7 nitrogen and oxygen atoms in total. The van der Waals surface area contributed by atoms with Crippen LogP contribution in [-0.2, 0) is 0 Å². The van der Waals surface area contributed by atoms with Crippen LogP contribution in [0.3, 0.4) is 0 Å². The van der Waals surface area contributed by atoms with Gasteiger partial charge < -0.3 is 15.1 Å². The van der Waals surface area contributed by atoms with Gasteiger partial charge in [-0.15, -0.1) is 0 Å². The van der Waals surface area contributed by atoms with Crippen LogP contribution in [0.2, 0.25) is 0 Å². The standard InChI is InChI=1S/C28H32N4O3/c1-20(2)27-19-30(16-17-31(27)28(33)23-12-8-5-9-13-23)24-14-15-26(32(34)35)25(18-24)29-21(3)22-10-6-4-7-11-22/h4-15,18,20-21,27,29H,16-17,19H2,1-3H3. The molecule has 1 saturated heterocycles. The summed E-state index contributed by atoms with van der Waals surface area (Å²) in [7, 11) is 0. The number of hydrogen-bond donors (Lipinski definition) is 1. The second kappa shape index (κ2) is 10.6. The average Bonchev–Trinajstić information content (AvgIpc) is 2.88. The van der Waals surface area contributed by atoms with E-state index < -0.39 is 0 Å². The van der Waals surface area contributed by atoms with Crippen molar-refractivity contribution in [1.29, 1.82) is 0 Å². The number of carbonyl (C=O) groups is 1. The average molecular weight is 473 g/mol. The first kappa shape index (κ1) is 24.3. The van der Waals surface area contributed by atoms with Crippen molar-refractivity contribution < 1.29 is 9.72 Å². The zero-order valence-corrected chi connectivity index (χ0v) is 20.4. The van der Waals surface area contributed by atoms with E-state index >= 15 is 0 Å². The molecule has 0 aromatic heterocycles. The van der Waals surface area contributed by atoms with Crippen LogP contribution in [0.5, 0.6) is 0 Å². The fourth-order valence-electron chi connectivity index (χ4n) is 4.67. The predicted octanol–water partition coefficient (Wildman–Crippen LogP) is 5.75. The summed E-state index contributed by atoms with van der Waals surface area (Å²) < 4.78 is 0. The van der Waals surface area contributed by atoms with E-state index in [4.69, 9.17) is 0 Å². The Morgan fingerprint density at radius 2 is 1.63 bits per heavy atom. The van der Waals surface area contributed by atoms with Crippen molar-refractivity contribution in [2.75, 3.05) is 29.9 Å². The Balaban J connectivity index is 1.57. The lowest BCUT2D eigenvalue weighted by Crippen LogP contribution is -2.57. The lowest BCUT2D eigenvalue weighted by molar-refractivity contribution is -0.384. The van der Waals surface area contributed by atoms with Gasteiger partial charge in [0.25, 0.3) is 11.6 Å². The smallest absolute Gasteiger partial charge is 0.292 e. The summed E-state index contributed by atoms with van der Waals surface area (Å²) in [5, 5.41) is 15.1. The number of nitro benzene ring substituents is 1. The van der Waals surface area contributed by atoms with E-state index in [1.165, 1.54) is 0 Å². The SMILES string of the molecule is CC(Nc1cc(N2CCN(C(=O)c3ccccc3)C(C(C)C)C2)ccc1[N+](=O)[O-])c1ccccc1. The molecule has 0 aliphatic carbocycles. The highest BCUT2D eigenvalue weighted by atomic mass is 16.6. The first-order valence-electron chi connectivity index (χ1n) is 12.1. The summed E-state index contributed by atoms with van der Waals surface area (Å²) in [6.45, 7) is 8.17. The molecule has 1 fully saturated rings. The number of amides is 1. The minimum absolute atomic E-state index is 0.0336. The van der Waals surface area contributed by atoms with Gasteiger partial charge in [-0.2, -0.15) is 0 Å². The van der Waals surface area contributed by atoms with Crippen LogP contribution >= 0.6 is 0 Å². The molecular weight excluding hydrogens is 440 g/mol. The number of rotatable bonds is 7. The summed E-state index contributed by atoms with van der Waals surface area (Å²) in [5.41, 5.74) is 3.21. The van der Waals surface area contributed by atoms with Gasteiger partial charge >= 0.3 is 0 Å². The van der Waals surface area contributed by atoms with Crippen LogP contribution in [0.1, 0.15) is 42.7 Å². The van der Waals surface area contributed by atoms with Crippen molar-refractivity contribution in [3.8, 4) is 0 Å². The van der Waals surface area contributed by atoms with Crippen LogP contribution in [0, 0.1) is 16.0 Å². The third-order valence-corrected chi connectivity index (χ3v) is 6.68. The summed E-state index contributed by atoms with van der Waals surface area (Å²) in [6.07, 6.45) is 0. The van der Waals surface area contributed by atoms with Gasteiger partial charge in [-0.25, -0.2) is 0 Å². The highest BCUT2D eigenvalue weighted by molar-refractivity contribution is 5.94. The Morgan fingerprint density at radius 3 is 2.26 bits per heavy atom. The van der Waals surface area contributed by atoms with Gasteiger partial charge in [0.15, 0.2) is 0 Å². The molecule has 0 spiro atoms. The Kier molecular flexibility index (Phi) is 7.34. The summed E-state index contributed by atoms with van der Waals surface area (Å²) in [5.74, 6) is 0.311. The molecule has 1 amide bonds. The normalized spacial score (nSPS) is 16.7. The Bertz CT molecular complexity index is 1170. The fraction of sp³-hybridized carbons (Fsp3) is 0.321. The monoisotopic (exact) mass is 472 g/mol. The molecule has 1 heterocycles. The van der Waals surface area contributed by atoms with Crippen LogP contribution < -0.4 is 10.2 Å². The van der Waals surface area contributed by atoms with E-state index in [2.05, 4.69) is 24.1 Å². The molecule has 182 valence electrons. The molecule has 7 heteroatoms. The van der Waals surface area contributed by atoms with Gasteiger partial charge in [-0.05, 0) is 42.7 Å². The lowest BCUT2D eigenvalue weighted by Gasteiger charge is -2.44. The second-order valence-corrected chi connectivity index (χ2v) is 9.36. The molecular formula is C28H32N4O3. The van der Waals surface area contributed by atoms with Crippen molar-refractivity contribution in [2.45, 2.75) is 32.9 Å². The van der Waals surface area contributed by atoms with Gasteiger partial charge in [-0.1, -0.05) is 62.4 Å². The van der Waals surface area contributed by atoms with E-state index in [1.54, 1.807) is 6.07 Å². The van der Waals surface area contributed by atoms with Gasteiger partial charge in [0.1, 0.15) is 5.69 Å². The number of nitrogens with zero attached hydrogens (tertiary/aromatic N) is 3. The van der Waals surface area contributed by atoms with E-state index in [0.717, 1.165) is 11.3 Å². The summed E-state index contributed by atoms with van der Waals surface area (Å²) in [6, 6.07) is 24.5. The number of nitrogens with one attached hydrogen (secondary N) is 1. The molecule has 1 aliphatic rings. The van der Waals surface area contributed by atoms with E-state index in [0.29, 0.717) is 30.9 Å². The maximum absolute atomic E-state index is 13.2. The molecule has 35 heavy (non-hydrogen) atoms. The van der Waals surface area contributed by atoms with Crippen molar-refractivity contribution in [2.24, 2.45) is 5.92 Å². The summed E-state index contributed by atoms with van der Waals surface area (Å²) in [4.78, 5) is 28.8. The first-order chi connectivity index (χ1) is 16.8. The molecule has 0 radical (unpaired) electrons. The number of nitro groups is 1. The van der Waals surface area contributed by atoms with Crippen molar-refractivity contribution in [3.05, 3.63) is 100 Å². The minimum Gasteiger partial charge on any atom is -0.373 e. The largest absolute Gasteiger partial charge is 0.373 e. The Hall–Kier alpha value is -3.87. The fourth-order valence-corrected chi connectivity index (χ4v) is 4.67. The second-order valence-electron chi connectivity index (χ2n) is 9.36. The van der Waals surface area contributed by atoms with E-state index in [1.807, 2.05) is 84.6 Å². The molecule has 0 saturated carbocycles. The molecule has 1 N–H and O–H groups in total. The van der Waals surface area contributed by atoms with E-state index in [9.17, 15) is 14.9 Å². The zero-order valence-electron chi connectivity index (χ0n) is 20.4. The topological polar surface area (TPSA) is 78.7 Å². The van der Waals surface area contributed by atoms with Gasteiger partial charge in [0.05, 0.1) is 11.0 Å². The molecule has 3 aromatic carbocycles. The number of carbonyl (C=O) groups excluding carboxylic acids is 1. The van der Waals surface area contributed by atoms with Gasteiger partial charge in [0.2, 0.25) is 0 Å². The molecule has 3 aromatic rings. The quantitative estimate of drug-likeness (QED) is 0.350. The Labute approximate surface area is 206 Å². The molecule has 2 atom stereocenters. The van der Waals surface area contributed by atoms with Crippen LogP contribution in [-0.4, -0.2) is 41.4 Å². The van der Waals surface area contributed by atoms with Crippen molar-refractivity contribution in [1.82, 2.24) is 4.90 Å². The Morgan fingerprint density at radius 1 is 0.971 bits per heavy atom. The summed E-state index contributed by atoms with van der Waals surface area (Å²) >= 11 is 0. The predicted molar refractivity (Wildman–Crippen MR) is 140 cm³/mol. The molecule has 2 unspecified atom stereocenters. The minimum atomic E-state index is -0.350. The number of anilines is 2. The van der Waals surface area contributed by atoms with Gasteiger partial charge in [-0.3, -0.25) is 14.9 Å². The molecule has 4 rings (SSSR count). The van der Waals surface area contributed by atoms with Crippen LogP contribution in [0.4, 0.5) is 17.1 Å². The molecule has 1 aliphatic heterocycles. The first-order valence-corrected chi connectivity index (χ1v) is 12.1. The highest BCUT2D eigenvalue weighted by Gasteiger charge is 2.33. The highest BCUT2D eigenvalue weighted by Crippen LogP contribution is 2.34. The maximum atomic E-state index is 13.2. The van der Waals surface area contributed by atoms with E-state index in [-0.39, 0.29) is 34.5 Å². The maximum Gasteiger partial charge on any atom is 0.292 e. The zero-order chi connectivity index (χ0) is 24.9. The van der Waals surface area contributed by atoms with Crippen LogP contribution in [0.25, 0.3) is 0 Å².